The second-order valence-corrected chi connectivity index (χ2v) is 8.41. The van der Waals surface area contributed by atoms with Gasteiger partial charge in [0.25, 0.3) is 5.91 Å². The van der Waals surface area contributed by atoms with E-state index in [4.69, 9.17) is 0 Å². The van der Waals surface area contributed by atoms with Crippen LogP contribution in [0.15, 0.2) is 78.9 Å². The second kappa shape index (κ2) is 9.22. The van der Waals surface area contributed by atoms with E-state index in [1.807, 2.05) is 24.3 Å². The number of nitrogens with zero attached hydrogens (tertiary/aromatic N) is 1. The van der Waals surface area contributed by atoms with Gasteiger partial charge in [-0.2, -0.15) is 0 Å². The van der Waals surface area contributed by atoms with Gasteiger partial charge in [-0.15, -0.1) is 0 Å². The fraction of sp³-hybridized carbons (Fsp3) is 0.250. The van der Waals surface area contributed by atoms with E-state index >= 15 is 0 Å². The molecule has 0 saturated carbocycles. The summed E-state index contributed by atoms with van der Waals surface area (Å²) in [5.74, 6) is -0.00433. The summed E-state index contributed by atoms with van der Waals surface area (Å²) in [6.07, 6.45) is 1.88. The highest BCUT2D eigenvalue weighted by Gasteiger charge is 2.15. The Morgan fingerprint density at radius 2 is 1.55 bits per heavy atom. The quantitative estimate of drug-likeness (QED) is 0.395. The van der Waals surface area contributed by atoms with Crippen LogP contribution in [0.1, 0.15) is 46.1 Å². The second-order valence-electron chi connectivity index (χ2n) is 8.41. The normalized spacial score (nSPS) is 12.1. The van der Waals surface area contributed by atoms with E-state index in [-0.39, 0.29) is 11.9 Å². The van der Waals surface area contributed by atoms with Crippen molar-refractivity contribution >= 4 is 16.8 Å². The number of rotatable bonds is 7. The molecule has 0 saturated heterocycles. The van der Waals surface area contributed by atoms with Crippen molar-refractivity contribution < 1.29 is 4.79 Å². The lowest BCUT2D eigenvalue weighted by atomic mass is 10.1. The molecular formula is C28H30N2O. The molecule has 0 fully saturated rings. The summed E-state index contributed by atoms with van der Waals surface area (Å²) in [5, 5.41) is 4.32. The number of benzene rings is 3. The van der Waals surface area contributed by atoms with Crippen molar-refractivity contribution in [2.45, 2.75) is 46.2 Å². The molecule has 0 radical (unpaired) electrons. The number of aryl methyl sites for hydroxylation is 2. The fourth-order valence-electron chi connectivity index (χ4n) is 4.17. The molecule has 0 aliphatic rings. The lowest BCUT2D eigenvalue weighted by Gasteiger charge is -2.14. The molecule has 3 aromatic carbocycles. The van der Waals surface area contributed by atoms with E-state index in [1.165, 1.54) is 27.9 Å². The van der Waals surface area contributed by atoms with E-state index < -0.39 is 0 Å². The Bertz CT molecular complexity index is 1180. The summed E-state index contributed by atoms with van der Waals surface area (Å²) in [5.41, 5.74) is 6.95. The van der Waals surface area contributed by atoms with E-state index in [9.17, 15) is 4.79 Å². The first-order valence-electron chi connectivity index (χ1n) is 11.0. The standard InChI is InChI=1S/C28H30N2O/c1-20(14-15-23-10-6-4-7-11-23)29-28(31)25-16-17-27-26(18-25)21(2)22(3)30(27)19-24-12-8-5-9-13-24/h4-13,16-18,20H,14-15,19H2,1-3H3,(H,29,31). The molecule has 0 aliphatic carbocycles. The zero-order valence-electron chi connectivity index (χ0n) is 18.6. The van der Waals surface area contributed by atoms with Gasteiger partial charge in [-0.25, -0.2) is 0 Å². The smallest absolute Gasteiger partial charge is 0.251 e. The monoisotopic (exact) mass is 410 g/mol. The molecule has 1 heterocycles. The Morgan fingerprint density at radius 1 is 0.903 bits per heavy atom. The number of nitrogens with one attached hydrogen (secondary N) is 1. The van der Waals surface area contributed by atoms with Gasteiger partial charge in [0.05, 0.1) is 0 Å². The number of amides is 1. The van der Waals surface area contributed by atoms with Crippen LogP contribution in [0.4, 0.5) is 0 Å². The largest absolute Gasteiger partial charge is 0.350 e. The van der Waals surface area contributed by atoms with Crippen LogP contribution in [0.3, 0.4) is 0 Å². The van der Waals surface area contributed by atoms with Crippen LogP contribution in [0.5, 0.6) is 0 Å². The van der Waals surface area contributed by atoms with Gasteiger partial charge in [0, 0.05) is 34.7 Å². The minimum atomic E-state index is -0.00433. The minimum absolute atomic E-state index is 0.00433. The summed E-state index contributed by atoms with van der Waals surface area (Å²) >= 11 is 0. The van der Waals surface area contributed by atoms with E-state index in [0.717, 1.165) is 30.3 Å². The molecule has 4 rings (SSSR count). The van der Waals surface area contributed by atoms with Crippen LogP contribution in [0.25, 0.3) is 10.9 Å². The molecule has 31 heavy (non-hydrogen) atoms. The first kappa shape index (κ1) is 20.9. The molecule has 0 aliphatic heterocycles. The molecular weight excluding hydrogens is 380 g/mol. The number of carbonyl (C=O) groups is 1. The van der Waals surface area contributed by atoms with Crippen molar-refractivity contribution in [3.8, 4) is 0 Å². The molecule has 1 unspecified atom stereocenters. The van der Waals surface area contributed by atoms with Gasteiger partial charge in [0.2, 0.25) is 0 Å². The molecule has 0 bridgehead atoms. The molecule has 1 aromatic heterocycles. The first-order chi connectivity index (χ1) is 15.0. The number of aromatic nitrogens is 1. The molecule has 1 N–H and O–H groups in total. The van der Waals surface area contributed by atoms with Gasteiger partial charge in [0.1, 0.15) is 0 Å². The van der Waals surface area contributed by atoms with E-state index in [0.29, 0.717) is 0 Å². The van der Waals surface area contributed by atoms with Crippen molar-refractivity contribution in [3.05, 3.63) is 107 Å². The predicted octanol–water partition coefficient (Wildman–Crippen LogP) is 6.06. The van der Waals surface area contributed by atoms with Gasteiger partial charge >= 0.3 is 0 Å². The van der Waals surface area contributed by atoms with Crippen LogP contribution >= 0.6 is 0 Å². The maximum Gasteiger partial charge on any atom is 0.251 e. The molecule has 0 spiro atoms. The predicted molar refractivity (Wildman–Crippen MR) is 129 cm³/mol. The molecule has 1 amide bonds. The molecule has 3 nitrogen and oxygen atoms in total. The summed E-state index contributed by atoms with van der Waals surface area (Å²) in [7, 11) is 0. The number of hydrogen-bond donors (Lipinski definition) is 1. The van der Waals surface area contributed by atoms with Gasteiger partial charge in [-0.1, -0.05) is 60.7 Å². The average Bonchev–Trinajstić information content (AvgIpc) is 3.03. The molecule has 158 valence electrons. The Morgan fingerprint density at radius 3 is 2.23 bits per heavy atom. The minimum Gasteiger partial charge on any atom is -0.350 e. The fourth-order valence-corrected chi connectivity index (χ4v) is 4.17. The first-order valence-corrected chi connectivity index (χ1v) is 11.0. The van der Waals surface area contributed by atoms with Crippen molar-refractivity contribution in [1.82, 2.24) is 9.88 Å². The highest BCUT2D eigenvalue weighted by atomic mass is 16.1. The van der Waals surface area contributed by atoms with Crippen molar-refractivity contribution in [3.63, 3.8) is 0 Å². The van der Waals surface area contributed by atoms with E-state index in [2.05, 4.69) is 85.3 Å². The lowest BCUT2D eigenvalue weighted by molar-refractivity contribution is 0.0938. The SMILES string of the molecule is Cc1c(C)n(Cc2ccccc2)c2ccc(C(=O)NC(C)CCc3ccccc3)cc12. The summed E-state index contributed by atoms with van der Waals surface area (Å²) in [4.78, 5) is 12.9. The van der Waals surface area contributed by atoms with Crippen LogP contribution in [-0.4, -0.2) is 16.5 Å². The maximum absolute atomic E-state index is 12.9. The average molecular weight is 411 g/mol. The van der Waals surface area contributed by atoms with Crippen molar-refractivity contribution in [2.24, 2.45) is 0 Å². The van der Waals surface area contributed by atoms with E-state index in [1.54, 1.807) is 0 Å². The van der Waals surface area contributed by atoms with Crippen LogP contribution in [0, 0.1) is 13.8 Å². The third-order valence-electron chi connectivity index (χ3n) is 6.17. The number of carbonyl (C=O) groups excluding carboxylic acids is 1. The Balaban J connectivity index is 1.49. The number of hydrogen-bond acceptors (Lipinski definition) is 1. The zero-order chi connectivity index (χ0) is 21.8. The van der Waals surface area contributed by atoms with Gasteiger partial charge < -0.3 is 9.88 Å². The Kier molecular flexibility index (Phi) is 6.22. The third kappa shape index (κ3) is 4.72. The van der Waals surface area contributed by atoms with Crippen LogP contribution in [0.2, 0.25) is 0 Å². The summed E-state index contributed by atoms with van der Waals surface area (Å²) in [6, 6.07) is 27.1. The maximum atomic E-state index is 12.9. The molecule has 3 heteroatoms. The van der Waals surface area contributed by atoms with Crippen molar-refractivity contribution in [2.75, 3.05) is 0 Å². The highest BCUT2D eigenvalue weighted by Crippen LogP contribution is 2.27. The summed E-state index contributed by atoms with van der Waals surface area (Å²) in [6.45, 7) is 7.21. The lowest BCUT2D eigenvalue weighted by Crippen LogP contribution is -2.32. The zero-order valence-corrected chi connectivity index (χ0v) is 18.6. The van der Waals surface area contributed by atoms with Gasteiger partial charge in [-0.3, -0.25) is 4.79 Å². The Labute approximate surface area is 184 Å². The van der Waals surface area contributed by atoms with Crippen LogP contribution in [-0.2, 0) is 13.0 Å². The third-order valence-corrected chi connectivity index (χ3v) is 6.17. The van der Waals surface area contributed by atoms with Crippen LogP contribution < -0.4 is 5.32 Å². The van der Waals surface area contributed by atoms with Crippen molar-refractivity contribution in [1.29, 1.82) is 0 Å². The number of fused-ring (bicyclic) bond motifs is 1. The molecule has 4 aromatic rings. The van der Waals surface area contributed by atoms with Gasteiger partial charge in [0.15, 0.2) is 0 Å². The summed E-state index contributed by atoms with van der Waals surface area (Å²) < 4.78 is 2.34. The topological polar surface area (TPSA) is 34.0 Å². The molecule has 1 atom stereocenters. The van der Waals surface area contributed by atoms with Gasteiger partial charge in [-0.05, 0) is 68.5 Å². The Hall–Kier alpha value is -3.33. The highest BCUT2D eigenvalue weighted by molar-refractivity contribution is 5.99.